The van der Waals surface area contributed by atoms with Gasteiger partial charge in [-0.3, -0.25) is 4.79 Å². The van der Waals surface area contributed by atoms with Crippen LogP contribution in [-0.2, 0) is 14.3 Å². The highest BCUT2D eigenvalue weighted by Crippen LogP contribution is 2.44. The molecule has 1 saturated heterocycles. The van der Waals surface area contributed by atoms with E-state index < -0.39 is 61.2 Å². The van der Waals surface area contributed by atoms with Crippen molar-refractivity contribution in [3.8, 4) is 11.1 Å². The lowest BCUT2D eigenvalue weighted by atomic mass is 9.98. The van der Waals surface area contributed by atoms with Crippen LogP contribution < -0.4 is 5.32 Å². The number of fused-ring (bicyclic) bond motifs is 3. The van der Waals surface area contributed by atoms with Crippen LogP contribution >= 0.6 is 0 Å². The molecular formula is C23H21F3N2O6. The Kier molecular flexibility index (Phi) is 6.22. The Labute approximate surface area is 191 Å². The fraction of sp³-hybridized carbons (Fsp3) is 0.348. The maximum absolute atomic E-state index is 13.6. The van der Waals surface area contributed by atoms with Crippen LogP contribution in [0.15, 0.2) is 48.5 Å². The van der Waals surface area contributed by atoms with Gasteiger partial charge in [0.25, 0.3) is 5.91 Å². The van der Waals surface area contributed by atoms with E-state index in [-0.39, 0.29) is 6.61 Å². The second-order valence-electron chi connectivity index (χ2n) is 8.18. The van der Waals surface area contributed by atoms with E-state index in [4.69, 9.17) is 4.74 Å². The van der Waals surface area contributed by atoms with Gasteiger partial charge in [0.2, 0.25) is 6.04 Å². The van der Waals surface area contributed by atoms with Crippen LogP contribution in [0.1, 0.15) is 23.5 Å². The van der Waals surface area contributed by atoms with Gasteiger partial charge < -0.3 is 25.2 Å². The molecule has 3 N–H and O–H groups in total. The summed E-state index contributed by atoms with van der Waals surface area (Å²) in [6.45, 7) is -0.854. The minimum absolute atomic E-state index is 0.265. The number of amides is 2. The Hall–Kier alpha value is -3.60. The fourth-order valence-electron chi connectivity index (χ4n) is 4.50. The summed E-state index contributed by atoms with van der Waals surface area (Å²) >= 11 is 0. The number of nitrogens with zero attached hydrogens (tertiary/aromatic N) is 1. The maximum Gasteiger partial charge on any atom is 0.417 e. The van der Waals surface area contributed by atoms with Gasteiger partial charge in [0.15, 0.2) is 0 Å². The van der Waals surface area contributed by atoms with Crippen molar-refractivity contribution in [3.63, 3.8) is 0 Å². The molecule has 2 aromatic carbocycles. The zero-order chi connectivity index (χ0) is 24.6. The monoisotopic (exact) mass is 478 g/mol. The van der Waals surface area contributed by atoms with Crippen molar-refractivity contribution in [3.05, 3.63) is 59.7 Å². The Bertz CT molecular complexity index is 1080. The molecule has 11 heteroatoms. The van der Waals surface area contributed by atoms with Crippen LogP contribution in [0.25, 0.3) is 11.1 Å². The Balaban J connectivity index is 1.48. The molecule has 1 heterocycles. The van der Waals surface area contributed by atoms with Gasteiger partial charge in [0.1, 0.15) is 12.6 Å². The molecule has 1 aliphatic heterocycles. The third-order valence-corrected chi connectivity index (χ3v) is 6.03. The van der Waals surface area contributed by atoms with Crippen molar-refractivity contribution in [1.82, 2.24) is 10.2 Å². The standard InChI is InChI=1S/C23H21F3N2O6/c24-23(25,26)19(20(30)28-10-12(29)9-18(28)21(31)32)27-22(33)34-11-17-15-7-3-1-5-13(15)14-6-2-4-8-16(14)17/h1-8,12,17-19,29H,9-11H2,(H,27,33)(H,31,32)/t12-,18+,19?/m1/s1. The molecule has 2 aliphatic rings. The summed E-state index contributed by atoms with van der Waals surface area (Å²) < 4.78 is 45.9. The molecule has 34 heavy (non-hydrogen) atoms. The van der Waals surface area contributed by atoms with E-state index in [2.05, 4.69) is 0 Å². The van der Waals surface area contributed by atoms with Gasteiger partial charge >= 0.3 is 18.2 Å². The van der Waals surface area contributed by atoms with Crippen LogP contribution in [0.2, 0.25) is 0 Å². The van der Waals surface area contributed by atoms with Crippen molar-refractivity contribution in [1.29, 1.82) is 0 Å². The molecular weight excluding hydrogens is 457 g/mol. The van der Waals surface area contributed by atoms with E-state index in [0.29, 0.717) is 4.90 Å². The second kappa shape index (κ2) is 8.98. The number of nitrogens with one attached hydrogen (secondary N) is 1. The minimum atomic E-state index is -5.21. The zero-order valence-electron chi connectivity index (χ0n) is 17.7. The number of β-amino-alcohol motifs (C(OH)–C–C–N with tert-alkyl or cyclic N) is 1. The van der Waals surface area contributed by atoms with E-state index in [1.807, 2.05) is 36.4 Å². The first-order valence-corrected chi connectivity index (χ1v) is 10.5. The van der Waals surface area contributed by atoms with Crippen LogP contribution in [0.4, 0.5) is 18.0 Å². The second-order valence-corrected chi connectivity index (χ2v) is 8.18. The SMILES string of the molecule is O=C(NC(C(=O)N1C[C@H](O)C[C@H]1C(=O)O)C(F)(F)F)OCC1c2ccccc2-c2ccccc21. The molecule has 0 bridgehead atoms. The van der Waals surface area contributed by atoms with Gasteiger partial charge in [0.05, 0.1) is 6.10 Å². The van der Waals surface area contributed by atoms with Crippen molar-refractivity contribution in [2.75, 3.05) is 13.2 Å². The molecule has 0 radical (unpaired) electrons. The molecule has 0 aromatic heterocycles. The number of aliphatic carboxylic acids is 1. The third-order valence-electron chi connectivity index (χ3n) is 6.03. The summed E-state index contributed by atoms with van der Waals surface area (Å²) in [5.74, 6) is -3.62. The minimum Gasteiger partial charge on any atom is -0.480 e. The number of halogens is 3. The van der Waals surface area contributed by atoms with Crippen LogP contribution in [0, 0.1) is 0 Å². The lowest BCUT2D eigenvalue weighted by Gasteiger charge is -2.28. The summed E-state index contributed by atoms with van der Waals surface area (Å²) in [5.41, 5.74) is 3.58. The zero-order valence-corrected chi connectivity index (χ0v) is 17.7. The molecule has 2 amide bonds. The number of rotatable bonds is 5. The summed E-state index contributed by atoms with van der Waals surface area (Å²) in [4.78, 5) is 36.6. The normalized spacial score (nSPS) is 20.4. The quantitative estimate of drug-likeness (QED) is 0.608. The van der Waals surface area contributed by atoms with E-state index in [1.165, 1.54) is 5.32 Å². The average molecular weight is 478 g/mol. The van der Waals surface area contributed by atoms with Crippen molar-refractivity contribution >= 4 is 18.0 Å². The van der Waals surface area contributed by atoms with E-state index in [9.17, 15) is 37.8 Å². The van der Waals surface area contributed by atoms with Gasteiger partial charge in [-0.1, -0.05) is 48.5 Å². The van der Waals surface area contributed by atoms with Crippen molar-refractivity contribution in [2.24, 2.45) is 0 Å². The molecule has 0 saturated carbocycles. The number of alkyl carbamates (subject to hydrolysis) is 1. The van der Waals surface area contributed by atoms with Gasteiger partial charge in [-0.2, -0.15) is 13.2 Å². The summed E-state index contributed by atoms with van der Waals surface area (Å²) in [7, 11) is 0. The van der Waals surface area contributed by atoms with Crippen molar-refractivity contribution in [2.45, 2.75) is 36.7 Å². The molecule has 8 nitrogen and oxygen atoms in total. The molecule has 3 atom stereocenters. The average Bonchev–Trinajstić information content (AvgIpc) is 3.33. The number of aliphatic hydroxyl groups excluding tert-OH is 1. The van der Waals surface area contributed by atoms with Crippen LogP contribution in [0.3, 0.4) is 0 Å². The number of hydrogen-bond acceptors (Lipinski definition) is 5. The van der Waals surface area contributed by atoms with Crippen LogP contribution in [-0.4, -0.2) is 70.6 Å². The number of carbonyl (C=O) groups is 3. The van der Waals surface area contributed by atoms with E-state index >= 15 is 0 Å². The number of aliphatic hydroxyl groups is 1. The molecule has 2 aromatic rings. The third kappa shape index (κ3) is 4.43. The first-order valence-electron chi connectivity index (χ1n) is 10.5. The predicted molar refractivity (Wildman–Crippen MR) is 112 cm³/mol. The first-order chi connectivity index (χ1) is 16.1. The van der Waals surface area contributed by atoms with Gasteiger partial charge in [-0.05, 0) is 22.3 Å². The Morgan fingerprint density at radius 3 is 2.15 bits per heavy atom. The Morgan fingerprint density at radius 2 is 1.62 bits per heavy atom. The Morgan fingerprint density at radius 1 is 1.06 bits per heavy atom. The first kappa shape index (κ1) is 23.6. The highest BCUT2D eigenvalue weighted by molar-refractivity contribution is 5.90. The van der Waals surface area contributed by atoms with Crippen molar-refractivity contribution < 1.29 is 42.5 Å². The lowest BCUT2D eigenvalue weighted by molar-refractivity contribution is -0.177. The number of carboxylic acid groups (broad SMARTS) is 1. The number of carbonyl (C=O) groups excluding carboxylic acids is 2. The van der Waals surface area contributed by atoms with Crippen LogP contribution in [0.5, 0.6) is 0 Å². The fourth-order valence-corrected chi connectivity index (χ4v) is 4.50. The molecule has 1 fully saturated rings. The van der Waals surface area contributed by atoms with Gasteiger partial charge in [-0.15, -0.1) is 0 Å². The smallest absolute Gasteiger partial charge is 0.417 e. The number of carboxylic acids is 1. The maximum atomic E-state index is 13.6. The molecule has 4 rings (SSSR count). The summed E-state index contributed by atoms with van der Waals surface area (Å²) in [6.07, 6.45) is -8.37. The number of likely N-dealkylation sites (tertiary alicyclic amines) is 1. The number of hydrogen-bond donors (Lipinski definition) is 3. The highest BCUT2D eigenvalue weighted by atomic mass is 19.4. The van der Waals surface area contributed by atoms with Gasteiger partial charge in [0, 0.05) is 18.9 Å². The number of benzene rings is 2. The molecule has 1 aliphatic carbocycles. The van der Waals surface area contributed by atoms with E-state index in [0.717, 1.165) is 22.3 Å². The lowest BCUT2D eigenvalue weighted by Crippen LogP contribution is -2.58. The molecule has 180 valence electrons. The summed E-state index contributed by atoms with van der Waals surface area (Å²) in [5, 5.41) is 20.4. The van der Waals surface area contributed by atoms with Gasteiger partial charge in [-0.25, -0.2) is 9.59 Å². The predicted octanol–water partition coefficient (Wildman–Crippen LogP) is 2.50. The molecule has 1 unspecified atom stereocenters. The highest BCUT2D eigenvalue weighted by Gasteiger charge is 2.51. The summed E-state index contributed by atoms with van der Waals surface area (Å²) in [6, 6.07) is 10.1. The largest absolute Gasteiger partial charge is 0.480 e. The molecule has 0 spiro atoms. The topological polar surface area (TPSA) is 116 Å². The number of alkyl halides is 3. The number of ether oxygens (including phenoxy) is 1. The van der Waals surface area contributed by atoms with E-state index in [1.54, 1.807) is 12.1 Å².